The minimum Gasteiger partial charge on any atom is -0.0920 e. The van der Waals surface area contributed by atoms with Gasteiger partial charge in [-0.1, -0.05) is 38.1 Å². The molecule has 0 aromatic rings. The molecule has 0 fully saturated rings. The fourth-order valence-electron chi connectivity index (χ4n) is 0.951. The Morgan fingerprint density at radius 1 is 1.22 bits per heavy atom. The standard InChI is InChI=1S/C8H18Si/c1-4-7-8-9(5-2)6-3/h4,7,9H,5-6,8H2,1-3H3/b7-4+. The van der Waals surface area contributed by atoms with Gasteiger partial charge in [0.15, 0.2) is 0 Å². The first-order chi connectivity index (χ1) is 4.35. The summed E-state index contributed by atoms with van der Waals surface area (Å²) in [6.07, 6.45) is 4.50. The summed E-state index contributed by atoms with van der Waals surface area (Å²) in [7, 11) is -0.297. The van der Waals surface area contributed by atoms with E-state index < -0.39 is 0 Å². The number of allylic oxidation sites excluding steroid dienone is 2. The van der Waals surface area contributed by atoms with Crippen LogP contribution in [0.3, 0.4) is 0 Å². The molecule has 0 nitrogen and oxygen atoms in total. The molecule has 54 valence electrons. The molecule has 0 heterocycles. The zero-order valence-electron chi connectivity index (χ0n) is 6.85. The summed E-state index contributed by atoms with van der Waals surface area (Å²) in [5, 5.41) is 0. The molecule has 0 aliphatic rings. The van der Waals surface area contributed by atoms with Gasteiger partial charge in [0, 0.05) is 8.80 Å². The molecule has 0 aliphatic carbocycles. The minimum absolute atomic E-state index is 0.297. The smallest absolute Gasteiger partial charge is 0.0400 e. The van der Waals surface area contributed by atoms with Crippen molar-refractivity contribution in [1.29, 1.82) is 0 Å². The second-order valence-corrected chi connectivity index (χ2v) is 6.32. The average Bonchev–Trinajstić information content (AvgIpc) is 1.91. The lowest BCUT2D eigenvalue weighted by molar-refractivity contribution is 1.28. The van der Waals surface area contributed by atoms with Crippen molar-refractivity contribution in [3.63, 3.8) is 0 Å². The molecule has 0 amide bonds. The normalized spacial score (nSPS) is 11.6. The Kier molecular flexibility index (Phi) is 6.05. The van der Waals surface area contributed by atoms with Crippen molar-refractivity contribution in [3.05, 3.63) is 12.2 Å². The van der Waals surface area contributed by atoms with E-state index in [0.717, 1.165) is 0 Å². The predicted octanol–water partition coefficient (Wildman–Crippen LogP) is 2.83. The number of hydrogen-bond donors (Lipinski definition) is 0. The molecule has 0 rings (SSSR count). The van der Waals surface area contributed by atoms with Crippen LogP contribution in [-0.4, -0.2) is 8.80 Å². The zero-order chi connectivity index (χ0) is 7.11. The molecule has 0 spiro atoms. The summed E-state index contributed by atoms with van der Waals surface area (Å²) in [5.41, 5.74) is 0. The van der Waals surface area contributed by atoms with Gasteiger partial charge in [-0.2, -0.15) is 0 Å². The molecule has 1 heteroatoms. The van der Waals surface area contributed by atoms with E-state index in [1.54, 1.807) is 0 Å². The molecule has 0 aliphatic heterocycles. The molecule has 0 aromatic heterocycles. The summed E-state index contributed by atoms with van der Waals surface area (Å²) in [4.78, 5) is 0. The highest BCUT2D eigenvalue weighted by molar-refractivity contribution is 6.59. The highest BCUT2D eigenvalue weighted by Crippen LogP contribution is 2.04. The summed E-state index contributed by atoms with van der Waals surface area (Å²) < 4.78 is 0. The Morgan fingerprint density at radius 3 is 2.11 bits per heavy atom. The highest BCUT2D eigenvalue weighted by Gasteiger charge is 2.00. The molecule has 0 atom stereocenters. The lowest BCUT2D eigenvalue weighted by atomic mass is 10.6. The van der Waals surface area contributed by atoms with E-state index in [4.69, 9.17) is 0 Å². The summed E-state index contributed by atoms with van der Waals surface area (Å²) in [6, 6.07) is 4.32. The van der Waals surface area contributed by atoms with Crippen LogP contribution in [0.5, 0.6) is 0 Å². The van der Waals surface area contributed by atoms with Crippen LogP contribution in [0.2, 0.25) is 18.1 Å². The molecule has 0 aromatic carbocycles. The van der Waals surface area contributed by atoms with Crippen molar-refractivity contribution in [2.45, 2.75) is 38.9 Å². The van der Waals surface area contributed by atoms with E-state index in [9.17, 15) is 0 Å². The lowest BCUT2D eigenvalue weighted by Crippen LogP contribution is -2.05. The molecule has 0 bridgehead atoms. The molecule has 0 saturated heterocycles. The Labute approximate surface area is 60.6 Å². The van der Waals surface area contributed by atoms with Gasteiger partial charge < -0.3 is 0 Å². The van der Waals surface area contributed by atoms with Gasteiger partial charge in [0.25, 0.3) is 0 Å². The molecule has 9 heavy (non-hydrogen) atoms. The highest BCUT2D eigenvalue weighted by atomic mass is 28.3. The SMILES string of the molecule is C/C=C/C[SiH](CC)CC. The summed E-state index contributed by atoms with van der Waals surface area (Å²) in [5.74, 6) is 0. The van der Waals surface area contributed by atoms with Crippen molar-refractivity contribution in [1.82, 2.24) is 0 Å². The van der Waals surface area contributed by atoms with Gasteiger partial charge in [0.1, 0.15) is 0 Å². The first-order valence-electron chi connectivity index (χ1n) is 3.96. The minimum atomic E-state index is -0.297. The fraction of sp³-hybridized carbons (Fsp3) is 0.750. The molecule has 0 N–H and O–H groups in total. The summed E-state index contributed by atoms with van der Waals surface area (Å²) >= 11 is 0. The van der Waals surface area contributed by atoms with Crippen LogP contribution < -0.4 is 0 Å². The van der Waals surface area contributed by atoms with E-state index in [2.05, 4.69) is 32.9 Å². The van der Waals surface area contributed by atoms with Crippen molar-refractivity contribution in [3.8, 4) is 0 Å². The Morgan fingerprint density at radius 2 is 1.78 bits per heavy atom. The van der Waals surface area contributed by atoms with Crippen molar-refractivity contribution < 1.29 is 0 Å². The van der Waals surface area contributed by atoms with Gasteiger partial charge in [0.2, 0.25) is 0 Å². The molecular formula is C8H18Si. The maximum atomic E-state index is 2.32. The molecular weight excluding hydrogens is 124 g/mol. The van der Waals surface area contributed by atoms with Gasteiger partial charge in [-0.05, 0) is 13.0 Å². The largest absolute Gasteiger partial charge is 0.0920 e. The molecule has 0 radical (unpaired) electrons. The van der Waals surface area contributed by atoms with Crippen LogP contribution in [0, 0.1) is 0 Å². The first kappa shape index (κ1) is 8.96. The lowest BCUT2D eigenvalue weighted by Gasteiger charge is -2.04. The fourth-order valence-corrected chi connectivity index (χ4v) is 2.85. The van der Waals surface area contributed by atoms with E-state index >= 15 is 0 Å². The van der Waals surface area contributed by atoms with Crippen molar-refractivity contribution >= 4 is 8.80 Å². The third kappa shape index (κ3) is 4.46. The van der Waals surface area contributed by atoms with Gasteiger partial charge in [-0.3, -0.25) is 0 Å². The monoisotopic (exact) mass is 142 g/mol. The average molecular weight is 142 g/mol. The van der Waals surface area contributed by atoms with Crippen LogP contribution in [-0.2, 0) is 0 Å². The maximum Gasteiger partial charge on any atom is 0.0400 e. The number of hydrogen-bond acceptors (Lipinski definition) is 0. The number of rotatable bonds is 4. The van der Waals surface area contributed by atoms with E-state index in [1.165, 1.54) is 18.1 Å². The topological polar surface area (TPSA) is 0 Å². The third-order valence-corrected chi connectivity index (χ3v) is 5.11. The van der Waals surface area contributed by atoms with E-state index in [0.29, 0.717) is 0 Å². The van der Waals surface area contributed by atoms with Gasteiger partial charge >= 0.3 is 0 Å². The quantitative estimate of drug-likeness (QED) is 0.418. The maximum absolute atomic E-state index is 2.32. The van der Waals surface area contributed by atoms with Crippen LogP contribution in [0.15, 0.2) is 12.2 Å². The molecule has 0 unspecified atom stereocenters. The first-order valence-corrected chi connectivity index (χ1v) is 6.41. The zero-order valence-corrected chi connectivity index (χ0v) is 8.01. The van der Waals surface area contributed by atoms with Gasteiger partial charge in [0.05, 0.1) is 0 Å². The second kappa shape index (κ2) is 6.08. The van der Waals surface area contributed by atoms with Crippen LogP contribution in [0.4, 0.5) is 0 Å². The second-order valence-electron chi connectivity index (χ2n) is 2.49. The van der Waals surface area contributed by atoms with Crippen molar-refractivity contribution in [2.75, 3.05) is 0 Å². The van der Waals surface area contributed by atoms with Crippen molar-refractivity contribution in [2.24, 2.45) is 0 Å². The third-order valence-electron chi connectivity index (χ3n) is 1.86. The van der Waals surface area contributed by atoms with Crippen LogP contribution in [0.25, 0.3) is 0 Å². The van der Waals surface area contributed by atoms with E-state index in [1.807, 2.05) is 0 Å². The van der Waals surface area contributed by atoms with Crippen LogP contribution >= 0.6 is 0 Å². The van der Waals surface area contributed by atoms with Crippen LogP contribution in [0.1, 0.15) is 20.8 Å². The summed E-state index contributed by atoms with van der Waals surface area (Å²) in [6.45, 7) is 6.75. The predicted molar refractivity (Wildman–Crippen MR) is 47.7 cm³/mol. The Bertz CT molecular complexity index is 72.6. The van der Waals surface area contributed by atoms with E-state index in [-0.39, 0.29) is 8.80 Å². The van der Waals surface area contributed by atoms with Gasteiger partial charge in [-0.15, -0.1) is 0 Å². The van der Waals surface area contributed by atoms with Gasteiger partial charge in [-0.25, -0.2) is 0 Å². The Balaban J connectivity index is 3.31. The Hall–Kier alpha value is -0.0431. The molecule has 0 saturated carbocycles.